The van der Waals surface area contributed by atoms with Gasteiger partial charge in [-0.1, -0.05) is 0 Å². The van der Waals surface area contributed by atoms with Crippen LogP contribution in [-0.2, 0) is 6.54 Å². The van der Waals surface area contributed by atoms with Crippen molar-refractivity contribution in [3.05, 3.63) is 17.3 Å². The predicted molar refractivity (Wildman–Crippen MR) is 65.5 cm³/mol. The fraction of sp³-hybridized carbons (Fsp3) is 0.545. The van der Waals surface area contributed by atoms with Crippen LogP contribution in [-0.4, -0.2) is 33.7 Å². The summed E-state index contributed by atoms with van der Waals surface area (Å²) in [7, 11) is 1.64. The Kier molecular flexibility index (Phi) is 2.78. The molecule has 0 atom stereocenters. The van der Waals surface area contributed by atoms with Crippen molar-refractivity contribution in [1.82, 2.24) is 14.7 Å². The van der Waals surface area contributed by atoms with Crippen molar-refractivity contribution < 1.29 is 9.84 Å². The summed E-state index contributed by atoms with van der Waals surface area (Å²) in [4.78, 5) is 5.35. The molecule has 6 heteroatoms. The van der Waals surface area contributed by atoms with Crippen LogP contribution in [0.5, 0.6) is 5.88 Å². The van der Waals surface area contributed by atoms with E-state index in [1.54, 1.807) is 18.4 Å². The van der Waals surface area contributed by atoms with Crippen molar-refractivity contribution in [1.29, 1.82) is 0 Å². The Morgan fingerprint density at radius 2 is 2.47 bits per heavy atom. The fourth-order valence-corrected chi connectivity index (χ4v) is 2.86. The zero-order valence-corrected chi connectivity index (χ0v) is 10.4. The number of fused-ring (bicyclic) bond motifs is 1. The van der Waals surface area contributed by atoms with E-state index in [0.717, 1.165) is 30.0 Å². The van der Waals surface area contributed by atoms with Gasteiger partial charge in [0.05, 0.1) is 13.2 Å². The lowest BCUT2D eigenvalue weighted by atomic mass is 9.89. The smallest absolute Gasteiger partial charge is 0.237 e. The van der Waals surface area contributed by atoms with Crippen LogP contribution >= 0.6 is 11.3 Å². The fourth-order valence-electron chi connectivity index (χ4n) is 2.13. The minimum Gasteiger partial charge on any atom is -0.480 e. The maximum absolute atomic E-state index is 9.23. The molecule has 92 valence electrons. The van der Waals surface area contributed by atoms with E-state index in [1.807, 2.05) is 16.0 Å². The third-order valence-electron chi connectivity index (χ3n) is 3.19. The van der Waals surface area contributed by atoms with E-state index < -0.39 is 0 Å². The minimum atomic E-state index is -0.124. The molecule has 5 nitrogen and oxygen atoms in total. The molecule has 0 aromatic carbocycles. The van der Waals surface area contributed by atoms with Gasteiger partial charge in [-0.3, -0.25) is 4.40 Å². The molecule has 0 bridgehead atoms. The first-order chi connectivity index (χ1) is 8.28. The monoisotopic (exact) mass is 253 g/mol. The summed E-state index contributed by atoms with van der Waals surface area (Å²) in [6, 6.07) is 0.416. The number of imidazole rings is 1. The van der Waals surface area contributed by atoms with E-state index in [1.165, 1.54) is 0 Å². The van der Waals surface area contributed by atoms with Gasteiger partial charge in [0.15, 0.2) is 4.96 Å². The number of nitrogens with one attached hydrogen (secondary N) is 1. The molecule has 0 unspecified atom stereocenters. The zero-order chi connectivity index (χ0) is 11.8. The van der Waals surface area contributed by atoms with Crippen molar-refractivity contribution in [3.63, 3.8) is 0 Å². The second-order valence-corrected chi connectivity index (χ2v) is 5.20. The maximum Gasteiger partial charge on any atom is 0.237 e. The van der Waals surface area contributed by atoms with Gasteiger partial charge in [0, 0.05) is 24.2 Å². The summed E-state index contributed by atoms with van der Waals surface area (Å²) in [5, 5.41) is 14.7. The highest BCUT2D eigenvalue weighted by molar-refractivity contribution is 7.15. The van der Waals surface area contributed by atoms with Crippen LogP contribution in [0.15, 0.2) is 11.6 Å². The molecule has 17 heavy (non-hydrogen) atoms. The Morgan fingerprint density at radius 3 is 3.18 bits per heavy atom. The number of methoxy groups -OCH3 is 1. The number of nitrogens with zero attached hydrogens (tertiary/aromatic N) is 2. The van der Waals surface area contributed by atoms with Gasteiger partial charge in [-0.15, -0.1) is 11.3 Å². The van der Waals surface area contributed by atoms with E-state index in [4.69, 9.17) is 4.74 Å². The number of thiazole rings is 1. The molecule has 2 N–H and O–H groups in total. The molecule has 1 fully saturated rings. The SMILES string of the molecule is COc1nc2sccn2c1CNC1CC(O)C1. The largest absolute Gasteiger partial charge is 0.480 e. The number of ether oxygens (including phenoxy) is 1. The van der Waals surface area contributed by atoms with Crippen molar-refractivity contribution in [3.8, 4) is 5.88 Å². The summed E-state index contributed by atoms with van der Waals surface area (Å²) in [6.45, 7) is 0.721. The highest BCUT2D eigenvalue weighted by atomic mass is 32.1. The van der Waals surface area contributed by atoms with E-state index in [2.05, 4.69) is 10.3 Å². The molecular weight excluding hydrogens is 238 g/mol. The molecule has 0 aliphatic heterocycles. The first kappa shape index (κ1) is 11.0. The Balaban J connectivity index is 1.76. The molecule has 2 aromatic rings. The summed E-state index contributed by atoms with van der Waals surface area (Å²) >= 11 is 1.60. The molecular formula is C11H15N3O2S. The average Bonchev–Trinajstić information content (AvgIpc) is 2.83. The van der Waals surface area contributed by atoms with Gasteiger partial charge in [0.2, 0.25) is 5.88 Å². The van der Waals surface area contributed by atoms with Crippen molar-refractivity contribution in [2.75, 3.05) is 7.11 Å². The summed E-state index contributed by atoms with van der Waals surface area (Å²) in [5.74, 6) is 0.684. The highest BCUT2D eigenvalue weighted by Crippen LogP contribution is 2.25. The molecule has 1 aliphatic carbocycles. The van der Waals surface area contributed by atoms with Crippen LogP contribution in [0, 0.1) is 0 Å². The molecule has 2 heterocycles. The minimum absolute atomic E-state index is 0.124. The number of hydrogen-bond acceptors (Lipinski definition) is 5. The van der Waals surface area contributed by atoms with Crippen molar-refractivity contribution in [2.45, 2.75) is 31.5 Å². The third-order valence-corrected chi connectivity index (χ3v) is 3.95. The van der Waals surface area contributed by atoms with Crippen molar-refractivity contribution in [2.24, 2.45) is 0 Å². The second-order valence-electron chi connectivity index (χ2n) is 4.33. The number of aliphatic hydroxyl groups is 1. The Morgan fingerprint density at radius 1 is 1.65 bits per heavy atom. The van der Waals surface area contributed by atoms with Crippen LogP contribution in [0.25, 0.3) is 4.96 Å². The van der Waals surface area contributed by atoms with Gasteiger partial charge in [0.1, 0.15) is 5.69 Å². The van der Waals surface area contributed by atoms with Crippen LogP contribution in [0.3, 0.4) is 0 Å². The molecule has 0 saturated heterocycles. The molecule has 2 aromatic heterocycles. The first-order valence-corrected chi connectivity index (χ1v) is 6.55. The van der Waals surface area contributed by atoms with Gasteiger partial charge in [-0.2, -0.15) is 4.98 Å². The Bertz CT molecular complexity index is 516. The lowest BCUT2D eigenvalue weighted by Gasteiger charge is -2.32. The van der Waals surface area contributed by atoms with Gasteiger partial charge < -0.3 is 15.2 Å². The molecule has 0 amide bonds. The second kappa shape index (κ2) is 4.29. The van der Waals surface area contributed by atoms with Gasteiger partial charge >= 0.3 is 0 Å². The van der Waals surface area contributed by atoms with E-state index in [0.29, 0.717) is 11.9 Å². The number of hydrogen-bond donors (Lipinski definition) is 2. The summed E-state index contributed by atoms with van der Waals surface area (Å²) in [5.41, 5.74) is 1.05. The number of aromatic nitrogens is 2. The normalized spacial score (nSPS) is 23.9. The first-order valence-electron chi connectivity index (χ1n) is 5.68. The summed E-state index contributed by atoms with van der Waals surface area (Å²) in [6.07, 6.45) is 3.56. The Hall–Kier alpha value is -1.11. The van der Waals surface area contributed by atoms with Crippen LogP contribution in [0.1, 0.15) is 18.5 Å². The van der Waals surface area contributed by atoms with E-state index in [-0.39, 0.29) is 6.10 Å². The van der Waals surface area contributed by atoms with Gasteiger partial charge in [-0.05, 0) is 12.8 Å². The molecule has 0 radical (unpaired) electrons. The topological polar surface area (TPSA) is 58.8 Å². The lowest BCUT2D eigenvalue weighted by molar-refractivity contribution is 0.0617. The quantitative estimate of drug-likeness (QED) is 0.854. The average molecular weight is 253 g/mol. The third kappa shape index (κ3) is 1.92. The zero-order valence-electron chi connectivity index (χ0n) is 9.59. The van der Waals surface area contributed by atoms with Crippen LogP contribution < -0.4 is 10.1 Å². The van der Waals surface area contributed by atoms with Gasteiger partial charge in [0.25, 0.3) is 0 Å². The molecule has 3 rings (SSSR count). The molecule has 0 spiro atoms. The maximum atomic E-state index is 9.23. The lowest BCUT2D eigenvalue weighted by Crippen LogP contribution is -2.43. The van der Waals surface area contributed by atoms with Crippen LogP contribution in [0.2, 0.25) is 0 Å². The predicted octanol–water partition coefficient (Wildman–Crippen LogP) is 1.02. The van der Waals surface area contributed by atoms with Gasteiger partial charge in [-0.25, -0.2) is 0 Å². The number of aliphatic hydroxyl groups excluding tert-OH is 1. The molecule has 1 aliphatic rings. The van der Waals surface area contributed by atoms with E-state index >= 15 is 0 Å². The molecule has 1 saturated carbocycles. The number of rotatable bonds is 4. The van der Waals surface area contributed by atoms with Crippen molar-refractivity contribution >= 4 is 16.3 Å². The standard InChI is InChI=1S/C11H15N3O2S/c1-16-10-9(6-12-7-4-8(15)5-7)14-2-3-17-11(14)13-10/h2-3,7-8,12,15H,4-6H2,1H3. The summed E-state index contributed by atoms with van der Waals surface area (Å²) < 4.78 is 7.33. The Labute approximate surface area is 103 Å². The highest BCUT2D eigenvalue weighted by Gasteiger charge is 2.27. The van der Waals surface area contributed by atoms with E-state index in [9.17, 15) is 5.11 Å². The van der Waals surface area contributed by atoms with Crippen LogP contribution in [0.4, 0.5) is 0 Å².